The minimum absolute atomic E-state index is 0.144. The molecule has 0 bridgehead atoms. The van der Waals surface area contributed by atoms with E-state index in [1.165, 1.54) is 4.90 Å². The van der Waals surface area contributed by atoms with E-state index in [1.54, 1.807) is 57.4 Å². The first-order valence-electron chi connectivity index (χ1n) is 9.27. The summed E-state index contributed by atoms with van der Waals surface area (Å²) < 4.78 is 11.5. The van der Waals surface area contributed by atoms with Gasteiger partial charge >= 0.3 is 0 Å². The van der Waals surface area contributed by atoms with E-state index >= 15 is 0 Å². The number of nitrogens with zero attached hydrogens (tertiary/aromatic N) is 1. The summed E-state index contributed by atoms with van der Waals surface area (Å²) in [6.45, 7) is 3.99. The molecule has 0 saturated carbocycles. The van der Waals surface area contributed by atoms with Gasteiger partial charge in [0.2, 0.25) is 0 Å². The largest absolute Gasteiger partial charge is 0.490 e. The van der Waals surface area contributed by atoms with Gasteiger partial charge in [0.15, 0.2) is 17.6 Å². The van der Waals surface area contributed by atoms with Gasteiger partial charge in [-0.1, -0.05) is 17.7 Å². The lowest BCUT2D eigenvalue weighted by Gasteiger charge is -2.20. The number of anilines is 1. The first-order chi connectivity index (χ1) is 13.8. The van der Waals surface area contributed by atoms with Crippen molar-refractivity contribution in [3.8, 4) is 11.5 Å². The number of fused-ring (bicyclic) bond motifs is 1. The fraction of sp³-hybridized carbons (Fsp3) is 0.273. The summed E-state index contributed by atoms with van der Waals surface area (Å²) in [5, 5.41) is 3.39. The molecule has 1 heterocycles. The van der Waals surface area contributed by atoms with Crippen LogP contribution in [0.3, 0.4) is 0 Å². The van der Waals surface area contributed by atoms with Crippen LogP contribution >= 0.6 is 11.6 Å². The summed E-state index contributed by atoms with van der Waals surface area (Å²) in [6.07, 6.45) is 1.13. The number of hydrogen-bond donors (Lipinski definition) is 1. The molecule has 152 valence electrons. The third-order valence-corrected chi connectivity index (χ3v) is 4.67. The van der Waals surface area contributed by atoms with Gasteiger partial charge in [-0.3, -0.25) is 9.59 Å². The molecule has 1 aliphatic heterocycles. The third-order valence-electron chi connectivity index (χ3n) is 4.44. The van der Waals surface area contributed by atoms with Gasteiger partial charge in [0.25, 0.3) is 11.8 Å². The summed E-state index contributed by atoms with van der Waals surface area (Å²) in [7, 11) is 3.36. The topological polar surface area (TPSA) is 67.9 Å². The average Bonchev–Trinajstić information content (AvgIpc) is 2.98. The number of hydrogen-bond acceptors (Lipinski definition) is 4. The molecule has 0 aliphatic carbocycles. The first-order valence-corrected chi connectivity index (χ1v) is 9.65. The Morgan fingerprint density at radius 1 is 1.21 bits per heavy atom. The minimum atomic E-state index is -0.650. The predicted molar refractivity (Wildman–Crippen MR) is 114 cm³/mol. The van der Waals surface area contributed by atoms with Crippen molar-refractivity contribution in [1.82, 2.24) is 4.90 Å². The summed E-state index contributed by atoms with van der Waals surface area (Å²) in [6, 6.07) is 10.6. The molecule has 0 fully saturated rings. The van der Waals surface area contributed by atoms with Gasteiger partial charge < -0.3 is 19.7 Å². The third kappa shape index (κ3) is 4.54. The molecule has 0 unspecified atom stereocenters. The summed E-state index contributed by atoms with van der Waals surface area (Å²) in [5.74, 6) is 0.640. The van der Waals surface area contributed by atoms with Crippen molar-refractivity contribution >= 4 is 40.8 Å². The van der Waals surface area contributed by atoms with E-state index < -0.39 is 6.10 Å². The van der Waals surface area contributed by atoms with Gasteiger partial charge in [0, 0.05) is 35.9 Å². The molecule has 29 heavy (non-hydrogen) atoms. The Balaban J connectivity index is 1.93. The highest BCUT2D eigenvalue weighted by atomic mass is 35.5. The maximum atomic E-state index is 12.4. The molecule has 1 aliphatic rings. The molecule has 1 N–H and O–H groups in total. The lowest BCUT2D eigenvalue weighted by molar-refractivity contribution is -0.135. The van der Waals surface area contributed by atoms with Crippen LogP contribution in [-0.4, -0.2) is 43.5 Å². The fourth-order valence-electron chi connectivity index (χ4n) is 3.05. The molecule has 2 amide bonds. The van der Waals surface area contributed by atoms with Crippen LogP contribution in [0, 0.1) is 0 Å². The van der Waals surface area contributed by atoms with Crippen molar-refractivity contribution in [2.24, 2.45) is 0 Å². The van der Waals surface area contributed by atoms with Crippen LogP contribution < -0.4 is 14.8 Å². The number of rotatable bonds is 6. The van der Waals surface area contributed by atoms with Crippen LogP contribution in [-0.2, 0) is 9.59 Å². The van der Waals surface area contributed by atoms with Gasteiger partial charge in [-0.25, -0.2) is 0 Å². The van der Waals surface area contributed by atoms with Gasteiger partial charge in [-0.15, -0.1) is 0 Å². The molecule has 3 rings (SSSR count). The molecule has 0 spiro atoms. The van der Waals surface area contributed by atoms with Crippen molar-refractivity contribution in [3.63, 3.8) is 0 Å². The smallest absolute Gasteiger partial charge is 0.262 e. The molecule has 6 nitrogen and oxygen atoms in total. The number of ether oxygens (including phenoxy) is 2. The van der Waals surface area contributed by atoms with Crippen LogP contribution in [0.4, 0.5) is 5.69 Å². The second kappa shape index (κ2) is 8.57. The number of amides is 2. The zero-order valence-corrected chi connectivity index (χ0v) is 17.5. The molecule has 2 aromatic rings. The minimum Gasteiger partial charge on any atom is -0.490 e. The average molecular weight is 415 g/mol. The number of nitrogens with one attached hydrogen (secondary N) is 1. The highest BCUT2D eigenvalue weighted by Crippen LogP contribution is 2.36. The van der Waals surface area contributed by atoms with Crippen molar-refractivity contribution < 1.29 is 19.1 Å². The van der Waals surface area contributed by atoms with E-state index in [1.807, 2.05) is 13.0 Å². The lowest BCUT2D eigenvalue weighted by Crippen LogP contribution is -2.35. The molecular formula is C22H23ClN2O4. The number of carbonyl (C=O) groups is 2. The normalized spacial score (nSPS) is 14.9. The summed E-state index contributed by atoms with van der Waals surface area (Å²) >= 11 is 6.09. The zero-order chi connectivity index (χ0) is 21.1. The molecular weight excluding hydrogens is 392 g/mol. The quantitative estimate of drug-likeness (QED) is 0.723. The van der Waals surface area contributed by atoms with Crippen molar-refractivity contribution in [3.05, 3.63) is 52.5 Å². The fourth-order valence-corrected chi connectivity index (χ4v) is 3.23. The second-order valence-corrected chi connectivity index (χ2v) is 7.27. The standard InChI is InChI=1S/C22H23ClN2O4/c1-5-28-20-11-14(6-9-19(20)29-13(2)22(27)25(3)4)10-17-16-12-15(23)7-8-18(16)24-21(17)26/h6-13H,5H2,1-4H3,(H,24,26)/b17-10+/t13-/m1/s1. The Morgan fingerprint density at radius 3 is 2.66 bits per heavy atom. The highest BCUT2D eigenvalue weighted by molar-refractivity contribution is 6.36. The summed E-state index contributed by atoms with van der Waals surface area (Å²) in [4.78, 5) is 26.0. The molecule has 0 saturated heterocycles. The maximum absolute atomic E-state index is 12.4. The Labute approximate surface area is 175 Å². The molecule has 1 atom stereocenters. The lowest BCUT2D eigenvalue weighted by atomic mass is 10.0. The van der Waals surface area contributed by atoms with Crippen molar-refractivity contribution in [1.29, 1.82) is 0 Å². The van der Waals surface area contributed by atoms with E-state index in [2.05, 4.69) is 5.32 Å². The van der Waals surface area contributed by atoms with Crippen molar-refractivity contribution in [2.45, 2.75) is 20.0 Å². The van der Waals surface area contributed by atoms with E-state index in [4.69, 9.17) is 21.1 Å². The molecule has 0 radical (unpaired) electrons. The van der Waals surface area contributed by atoms with Gasteiger partial charge in [0.1, 0.15) is 0 Å². The first kappa shape index (κ1) is 20.7. The van der Waals surface area contributed by atoms with Crippen molar-refractivity contribution in [2.75, 3.05) is 26.0 Å². The van der Waals surface area contributed by atoms with E-state index in [0.29, 0.717) is 28.7 Å². The van der Waals surface area contributed by atoms with E-state index in [9.17, 15) is 9.59 Å². The van der Waals surface area contributed by atoms with Crippen LogP contribution in [0.5, 0.6) is 11.5 Å². The molecule has 7 heteroatoms. The van der Waals surface area contributed by atoms with Crippen LogP contribution in [0.1, 0.15) is 25.0 Å². The summed E-state index contributed by atoms with van der Waals surface area (Å²) in [5.41, 5.74) is 2.78. The van der Waals surface area contributed by atoms with Gasteiger partial charge in [0.05, 0.1) is 6.61 Å². The Kier molecular flexibility index (Phi) is 6.13. The Hall–Kier alpha value is -2.99. The molecule has 0 aromatic heterocycles. The maximum Gasteiger partial charge on any atom is 0.262 e. The number of benzene rings is 2. The Bertz CT molecular complexity index is 985. The van der Waals surface area contributed by atoms with Gasteiger partial charge in [-0.2, -0.15) is 0 Å². The SMILES string of the molecule is CCOc1cc(/C=C2/C(=O)Nc3ccc(Cl)cc32)ccc1O[C@H](C)C(=O)N(C)C. The predicted octanol–water partition coefficient (Wildman–Crippen LogP) is 4.09. The van der Waals surface area contributed by atoms with E-state index in [0.717, 1.165) is 16.8 Å². The van der Waals surface area contributed by atoms with Crippen LogP contribution in [0.25, 0.3) is 11.6 Å². The second-order valence-electron chi connectivity index (χ2n) is 6.83. The van der Waals surface area contributed by atoms with Crippen LogP contribution in [0.2, 0.25) is 5.02 Å². The Morgan fingerprint density at radius 2 is 1.97 bits per heavy atom. The van der Waals surface area contributed by atoms with E-state index in [-0.39, 0.29) is 11.8 Å². The molecule has 2 aromatic carbocycles. The number of halogens is 1. The number of likely N-dealkylation sites (N-methyl/N-ethyl adjacent to an activating group) is 1. The zero-order valence-electron chi connectivity index (χ0n) is 16.8. The highest BCUT2D eigenvalue weighted by Gasteiger charge is 2.24. The van der Waals surface area contributed by atoms with Gasteiger partial charge in [-0.05, 0) is 55.8 Å². The number of carbonyl (C=O) groups excluding carboxylic acids is 2. The monoisotopic (exact) mass is 414 g/mol. The van der Waals surface area contributed by atoms with Crippen LogP contribution in [0.15, 0.2) is 36.4 Å².